The summed E-state index contributed by atoms with van der Waals surface area (Å²) >= 11 is 0. The second-order valence-corrected chi connectivity index (χ2v) is 8.67. The van der Waals surface area contributed by atoms with Crippen LogP contribution in [0.2, 0.25) is 0 Å². The Balaban J connectivity index is 1.17. The lowest BCUT2D eigenvalue weighted by atomic mass is 9.95. The Bertz CT molecular complexity index is 893. The summed E-state index contributed by atoms with van der Waals surface area (Å²) in [6.45, 7) is 2.21. The van der Waals surface area contributed by atoms with E-state index in [1.54, 1.807) is 0 Å². The van der Waals surface area contributed by atoms with Gasteiger partial charge in [-0.1, -0.05) is 18.6 Å². The number of nitrogens with one attached hydrogen (secondary N) is 2. The average molecular weight is 368 g/mol. The van der Waals surface area contributed by atoms with Crippen molar-refractivity contribution in [3.63, 3.8) is 0 Å². The molecule has 1 amide bonds. The summed E-state index contributed by atoms with van der Waals surface area (Å²) in [6, 6.07) is 8.49. The van der Waals surface area contributed by atoms with Crippen LogP contribution >= 0.6 is 0 Å². The number of aromatic amines is 1. The van der Waals surface area contributed by atoms with E-state index in [0.29, 0.717) is 12.6 Å². The number of fused-ring (bicyclic) bond motifs is 3. The molecule has 2 aliphatic carbocycles. The van der Waals surface area contributed by atoms with Gasteiger partial charge in [-0.3, -0.25) is 14.3 Å². The fourth-order valence-corrected chi connectivity index (χ4v) is 5.65. The Kier molecular flexibility index (Phi) is 4.31. The van der Waals surface area contributed by atoms with Crippen LogP contribution in [-0.2, 0) is 4.79 Å². The molecule has 3 fully saturated rings. The van der Waals surface area contributed by atoms with Gasteiger partial charge in [0.25, 0.3) is 0 Å². The van der Waals surface area contributed by atoms with Crippen LogP contribution in [-0.4, -0.2) is 46.0 Å². The SMILES string of the molecule is O=C(CN1CCC(n2c(=O)[nH]c3ccccc32)CC1)NC1CC2CCC1C2. The molecule has 0 spiro atoms. The molecule has 3 atom stereocenters. The van der Waals surface area contributed by atoms with Crippen LogP contribution in [0.3, 0.4) is 0 Å². The van der Waals surface area contributed by atoms with Crippen LogP contribution in [0, 0.1) is 11.8 Å². The fraction of sp³-hybridized carbons (Fsp3) is 0.619. The maximum Gasteiger partial charge on any atom is 0.326 e. The van der Waals surface area contributed by atoms with E-state index in [1.807, 2.05) is 28.8 Å². The molecule has 1 aliphatic heterocycles. The van der Waals surface area contributed by atoms with Crippen LogP contribution in [0.5, 0.6) is 0 Å². The molecule has 0 radical (unpaired) electrons. The highest BCUT2D eigenvalue weighted by Crippen LogP contribution is 2.44. The van der Waals surface area contributed by atoms with Gasteiger partial charge in [-0.2, -0.15) is 0 Å². The van der Waals surface area contributed by atoms with Gasteiger partial charge >= 0.3 is 5.69 Å². The van der Waals surface area contributed by atoms with E-state index in [1.165, 1.54) is 25.7 Å². The minimum atomic E-state index is -0.0244. The zero-order chi connectivity index (χ0) is 18.4. The van der Waals surface area contributed by atoms with E-state index in [0.717, 1.165) is 48.8 Å². The first kappa shape index (κ1) is 17.0. The maximum absolute atomic E-state index is 12.5. The van der Waals surface area contributed by atoms with E-state index >= 15 is 0 Å². The van der Waals surface area contributed by atoms with Crippen molar-refractivity contribution >= 4 is 16.9 Å². The monoisotopic (exact) mass is 368 g/mol. The zero-order valence-corrected chi connectivity index (χ0v) is 15.7. The normalized spacial score (nSPS) is 28.8. The number of nitrogens with zero attached hydrogens (tertiary/aromatic N) is 2. The summed E-state index contributed by atoms with van der Waals surface area (Å²) < 4.78 is 1.90. The molecular weight excluding hydrogens is 340 g/mol. The fourth-order valence-electron chi connectivity index (χ4n) is 5.65. The Labute approximate surface area is 158 Å². The number of hydrogen-bond donors (Lipinski definition) is 2. The first-order valence-electron chi connectivity index (χ1n) is 10.4. The van der Waals surface area contributed by atoms with Crippen LogP contribution in [0.4, 0.5) is 0 Å². The molecule has 2 bridgehead atoms. The maximum atomic E-state index is 12.5. The minimum absolute atomic E-state index is 0.0244. The highest BCUT2D eigenvalue weighted by molar-refractivity contribution is 5.78. The van der Waals surface area contributed by atoms with Gasteiger partial charge in [0.1, 0.15) is 0 Å². The molecule has 1 aromatic heterocycles. The minimum Gasteiger partial charge on any atom is -0.352 e. The molecule has 5 rings (SSSR count). The van der Waals surface area contributed by atoms with Gasteiger partial charge in [0.15, 0.2) is 0 Å². The third kappa shape index (κ3) is 3.20. The summed E-state index contributed by atoms with van der Waals surface area (Å²) in [5.41, 5.74) is 1.86. The van der Waals surface area contributed by atoms with E-state index in [9.17, 15) is 9.59 Å². The lowest BCUT2D eigenvalue weighted by molar-refractivity contribution is -0.123. The number of carbonyl (C=O) groups excluding carboxylic acids is 1. The lowest BCUT2D eigenvalue weighted by Crippen LogP contribution is -2.46. The van der Waals surface area contributed by atoms with Crippen LogP contribution in [0.25, 0.3) is 11.0 Å². The molecule has 3 aliphatic rings. The largest absolute Gasteiger partial charge is 0.352 e. The predicted molar refractivity (Wildman–Crippen MR) is 105 cm³/mol. The first-order valence-corrected chi connectivity index (χ1v) is 10.4. The van der Waals surface area contributed by atoms with Gasteiger partial charge < -0.3 is 10.3 Å². The molecular formula is C21H28N4O2. The number of hydrogen-bond acceptors (Lipinski definition) is 3. The van der Waals surface area contributed by atoms with Crippen molar-refractivity contribution in [1.29, 1.82) is 0 Å². The molecule has 6 heteroatoms. The number of carbonyl (C=O) groups is 1. The van der Waals surface area contributed by atoms with Crippen LogP contribution in [0.1, 0.15) is 44.6 Å². The Morgan fingerprint density at radius 2 is 1.93 bits per heavy atom. The number of imidazole rings is 1. The van der Waals surface area contributed by atoms with Crippen LogP contribution < -0.4 is 11.0 Å². The topological polar surface area (TPSA) is 70.1 Å². The number of rotatable bonds is 4. The van der Waals surface area contributed by atoms with Crippen molar-refractivity contribution in [3.8, 4) is 0 Å². The van der Waals surface area contributed by atoms with Crippen molar-refractivity contribution in [1.82, 2.24) is 19.8 Å². The molecule has 3 unspecified atom stereocenters. The average Bonchev–Trinajstić information content (AvgIpc) is 3.35. The van der Waals surface area contributed by atoms with Crippen LogP contribution in [0.15, 0.2) is 29.1 Å². The highest BCUT2D eigenvalue weighted by Gasteiger charge is 2.40. The second-order valence-electron chi connectivity index (χ2n) is 8.67. The third-order valence-corrected chi connectivity index (χ3v) is 7.00. The number of piperidine rings is 1. The number of amides is 1. The molecule has 1 aromatic carbocycles. The molecule has 144 valence electrons. The summed E-state index contributed by atoms with van der Waals surface area (Å²) in [7, 11) is 0. The highest BCUT2D eigenvalue weighted by atomic mass is 16.2. The molecule has 27 heavy (non-hydrogen) atoms. The van der Waals surface area contributed by atoms with Gasteiger partial charge in [0.05, 0.1) is 17.6 Å². The van der Waals surface area contributed by atoms with E-state index in [2.05, 4.69) is 15.2 Å². The first-order chi connectivity index (χ1) is 13.2. The molecule has 1 saturated heterocycles. The van der Waals surface area contributed by atoms with E-state index in [-0.39, 0.29) is 17.6 Å². The summed E-state index contributed by atoms with van der Waals surface area (Å²) in [6.07, 6.45) is 6.96. The molecule has 2 N–H and O–H groups in total. The predicted octanol–water partition coefficient (Wildman–Crippen LogP) is 2.27. The zero-order valence-electron chi connectivity index (χ0n) is 15.7. The van der Waals surface area contributed by atoms with Crippen molar-refractivity contribution in [2.24, 2.45) is 11.8 Å². The molecule has 2 heterocycles. The number of likely N-dealkylation sites (tertiary alicyclic amines) is 1. The Morgan fingerprint density at radius 3 is 2.67 bits per heavy atom. The third-order valence-electron chi connectivity index (χ3n) is 7.00. The number of aromatic nitrogens is 2. The number of para-hydroxylation sites is 2. The van der Waals surface area contributed by atoms with Gasteiger partial charge in [0, 0.05) is 25.2 Å². The second kappa shape index (κ2) is 6.82. The van der Waals surface area contributed by atoms with Gasteiger partial charge in [-0.15, -0.1) is 0 Å². The smallest absolute Gasteiger partial charge is 0.326 e. The van der Waals surface area contributed by atoms with Gasteiger partial charge in [0.2, 0.25) is 5.91 Å². The van der Waals surface area contributed by atoms with Crippen molar-refractivity contribution in [3.05, 3.63) is 34.7 Å². The number of benzene rings is 1. The lowest BCUT2D eigenvalue weighted by Gasteiger charge is -2.32. The summed E-state index contributed by atoms with van der Waals surface area (Å²) in [4.78, 5) is 30.0. The summed E-state index contributed by atoms with van der Waals surface area (Å²) in [5.74, 6) is 1.75. The van der Waals surface area contributed by atoms with E-state index in [4.69, 9.17) is 0 Å². The van der Waals surface area contributed by atoms with Gasteiger partial charge in [-0.25, -0.2) is 4.79 Å². The standard InChI is InChI=1S/C21H28N4O2/c26-20(22-18-12-14-5-6-15(18)11-14)13-24-9-7-16(8-10-24)25-19-4-2-1-3-17(19)23-21(25)27/h1-4,14-16,18H,5-13H2,(H,22,26)(H,23,27). The van der Waals surface area contributed by atoms with Crippen molar-refractivity contribution in [2.45, 2.75) is 50.6 Å². The van der Waals surface area contributed by atoms with Gasteiger partial charge in [-0.05, 0) is 56.1 Å². The molecule has 6 nitrogen and oxygen atoms in total. The number of H-pyrrole nitrogens is 1. The van der Waals surface area contributed by atoms with Crippen molar-refractivity contribution < 1.29 is 4.79 Å². The quantitative estimate of drug-likeness (QED) is 0.870. The molecule has 2 saturated carbocycles. The summed E-state index contributed by atoms with van der Waals surface area (Å²) in [5, 5.41) is 3.29. The Morgan fingerprint density at radius 1 is 1.11 bits per heavy atom. The Hall–Kier alpha value is -2.08. The molecule has 2 aromatic rings. The van der Waals surface area contributed by atoms with E-state index < -0.39 is 0 Å². The van der Waals surface area contributed by atoms with Crippen molar-refractivity contribution in [2.75, 3.05) is 19.6 Å².